The highest BCUT2D eigenvalue weighted by Gasteiger charge is 2.10. The molecule has 0 fully saturated rings. The Kier molecular flexibility index (Phi) is 7.29. The van der Waals surface area contributed by atoms with Crippen molar-refractivity contribution in [3.63, 3.8) is 0 Å². The quantitative estimate of drug-likeness (QED) is 0.687. The fraction of sp³-hybridized carbons (Fsp3) is 0.615. The Morgan fingerprint density at radius 1 is 1.28 bits per heavy atom. The second-order valence-corrected chi connectivity index (χ2v) is 3.83. The van der Waals surface area contributed by atoms with Gasteiger partial charge in [0, 0.05) is 24.9 Å². The Bertz CT molecular complexity index is 348. The minimum absolute atomic E-state index is 0.0468. The first-order valence-corrected chi connectivity index (χ1v) is 6.34. The van der Waals surface area contributed by atoms with Gasteiger partial charge in [0.05, 0.1) is 6.61 Å². The summed E-state index contributed by atoms with van der Waals surface area (Å²) < 4.78 is 24.4. The van der Waals surface area contributed by atoms with Crippen molar-refractivity contribution in [3.8, 4) is 5.88 Å². The minimum atomic E-state index is -0.394. The lowest BCUT2D eigenvalue weighted by Crippen LogP contribution is -2.14. The number of aromatic nitrogens is 1. The van der Waals surface area contributed by atoms with Crippen LogP contribution >= 0.6 is 0 Å². The molecule has 4 nitrogen and oxygen atoms in total. The number of rotatable bonds is 9. The van der Waals surface area contributed by atoms with E-state index in [2.05, 4.69) is 10.3 Å². The average molecular weight is 256 g/mol. The molecule has 18 heavy (non-hydrogen) atoms. The monoisotopic (exact) mass is 256 g/mol. The Labute approximate surface area is 108 Å². The largest absolute Gasteiger partial charge is 0.473 e. The first-order chi connectivity index (χ1) is 8.79. The van der Waals surface area contributed by atoms with Crippen LogP contribution in [0.25, 0.3) is 0 Å². The normalized spacial score (nSPS) is 10.6. The third kappa shape index (κ3) is 4.98. The van der Waals surface area contributed by atoms with Gasteiger partial charge in [-0.3, -0.25) is 0 Å². The van der Waals surface area contributed by atoms with Gasteiger partial charge in [-0.25, -0.2) is 9.37 Å². The van der Waals surface area contributed by atoms with Gasteiger partial charge < -0.3 is 14.8 Å². The molecule has 102 valence electrons. The summed E-state index contributed by atoms with van der Waals surface area (Å²) in [4.78, 5) is 3.88. The van der Waals surface area contributed by atoms with E-state index in [1.807, 2.05) is 13.8 Å². The zero-order chi connectivity index (χ0) is 13.2. The van der Waals surface area contributed by atoms with Gasteiger partial charge in [0.2, 0.25) is 0 Å². The average Bonchev–Trinajstić information content (AvgIpc) is 2.39. The van der Waals surface area contributed by atoms with Crippen LogP contribution in [-0.2, 0) is 11.3 Å². The zero-order valence-corrected chi connectivity index (χ0v) is 11.0. The molecule has 0 unspecified atom stereocenters. The predicted molar refractivity (Wildman–Crippen MR) is 68.2 cm³/mol. The van der Waals surface area contributed by atoms with E-state index in [0.717, 1.165) is 13.0 Å². The summed E-state index contributed by atoms with van der Waals surface area (Å²) in [6.07, 6.45) is 2.52. The molecule has 1 heterocycles. The number of nitrogens with one attached hydrogen (secondary N) is 1. The second kappa shape index (κ2) is 8.83. The molecule has 0 aliphatic rings. The van der Waals surface area contributed by atoms with Crippen LogP contribution in [0.5, 0.6) is 5.88 Å². The van der Waals surface area contributed by atoms with Gasteiger partial charge in [0.25, 0.3) is 5.88 Å². The van der Waals surface area contributed by atoms with E-state index in [0.29, 0.717) is 31.9 Å². The summed E-state index contributed by atoms with van der Waals surface area (Å²) in [7, 11) is 0. The molecule has 0 aliphatic carbocycles. The lowest BCUT2D eigenvalue weighted by Gasteiger charge is -2.09. The van der Waals surface area contributed by atoms with E-state index in [1.165, 1.54) is 0 Å². The Balaban J connectivity index is 2.44. The molecular weight excluding hydrogens is 235 g/mol. The van der Waals surface area contributed by atoms with E-state index in [4.69, 9.17) is 9.47 Å². The summed E-state index contributed by atoms with van der Waals surface area (Å²) in [6.45, 7) is 6.74. The van der Waals surface area contributed by atoms with Crippen LogP contribution < -0.4 is 10.1 Å². The van der Waals surface area contributed by atoms with Crippen LogP contribution in [0.4, 0.5) is 4.39 Å². The number of hydrogen-bond acceptors (Lipinski definition) is 4. The molecule has 0 aromatic carbocycles. The number of nitrogens with zero attached hydrogens (tertiary/aromatic N) is 1. The first-order valence-electron chi connectivity index (χ1n) is 6.34. The van der Waals surface area contributed by atoms with Crippen molar-refractivity contribution in [1.29, 1.82) is 0 Å². The van der Waals surface area contributed by atoms with Crippen molar-refractivity contribution in [3.05, 3.63) is 23.6 Å². The highest BCUT2D eigenvalue weighted by Crippen LogP contribution is 2.17. The molecule has 5 heteroatoms. The van der Waals surface area contributed by atoms with E-state index in [-0.39, 0.29) is 5.88 Å². The molecule has 1 rings (SSSR count). The summed E-state index contributed by atoms with van der Waals surface area (Å²) in [5, 5.41) is 3.07. The molecule has 0 saturated carbocycles. The van der Waals surface area contributed by atoms with Crippen molar-refractivity contribution in [2.24, 2.45) is 0 Å². The second-order valence-electron chi connectivity index (χ2n) is 3.83. The van der Waals surface area contributed by atoms with Gasteiger partial charge >= 0.3 is 0 Å². The molecule has 0 saturated heterocycles. The van der Waals surface area contributed by atoms with Crippen LogP contribution in [0.1, 0.15) is 25.8 Å². The van der Waals surface area contributed by atoms with Crippen molar-refractivity contribution in [2.45, 2.75) is 26.8 Å². The van der Waals surface area contributed by atoms with Crippen LogP contribution in [0.2, 0.25) is 0 Å². The summed E-state index contributed by atoms with van der Waals surface area (Å²) in [6, 6.07) is 1.65. The van der Waals surface area contributed by atoms with Crippen molar-refractivity contribution >= 4 is 0 Å². The molecule has 1 N–H and O–H groups in total. The first kappa shape index (κ1) is 14.9. The van der Waals surface area contributed by atoms with Gasteiger partial charge in [0.15, 0.2) is 5.82 Å². The zero-order valence-electron chi connectivity index (χ0n) is 11.0. The molecule has 0 bridgehead atoms. The van der Waals surface area contributed by atoms with Crippen LogP contribution in [0.15, 0.2) is 12.3 Å². The fourth-order valence-corrected chi connectivity index (χ4v) is 1.40. The molecule has 1 aromatic heterocycles. The van der Waals surface area contributed by atoms with E-state index in [9.17, 15) is 4.39 Å². The van der Waals surface area contributed by atoms with E-state index < -0.39 is 5.82 Å². The lowest BCUT2D eigenvalue weighted by atomic mass is 10.2. The number of hydrogen-bond donors (Lipinski definition) is 1. The molecule has 1 aromatic rings. The summed E-state index contributed by atoms with van der Waals surface area (Å²) >= 11 is 0. The fourth-order valence-electron chi connectivity index (χ4n) is 1.40. The molecule has 0 radical (unpaired) electrons. The van der Waals surface area contributed by atoms with Crippen LogP contribution in [0.3, 0.4) is 0 Å². The van der Waals surface area contributed by atoms with Gasteiger partial charge in [-0.05, 0) is 19.0 Å². The highest BCUT2D eigenvalue weighted by molar-refractivity contribution is 5.23. The molecular formula is C13H21FN2O2. The SMILES string of the molecule is CCCOCCOc1nccc(CNCC)c1F. The minimum Gasteiger partial charge on any atom is -0.473 e. The molecule has 0 atom stereocenters. The predicted octanol–water partition coefficient (Wildman–Crippen LogP) is 2.14. The lowest BCUT2D eigenvalue weighted by molar-refractivity contribution is 0.0973. The number of ether oxygens (including phenoxy) is 2. The van der Waals surface area contributed by atoms with Gasteiger partial charge in [0.1, 0.15) is 6.61 Å². The highest BCUT2D eigenvalue weighted by atomic mass is 19.1. The molecule has 0 spiro atoms. The maximum Gasteiger partial charge on any atom is 0.250 e. The standard InChI is InChI=1S/C13H21FN2O2/c1-3-7-17-8-9-18-13-12(14)11(5-6-16-13)10-15-4-2/h5-6,15H,3-4,7-10H2,1-2H3. The third-order valence-corrected chi connectivity index (χ3v) is 2.32. The van der Waals surface area contributed by atoms with E-state index in [1.54, 1.807) is 12.3 Å². The van der Waals surface area contributed by atoms with Gasteiger partial charge in [-0.1, -0.05) is 13.8 Å². The maximum atomic E-state index is 13.9. The van der Waals surface area contributed by atoms with Crippen LogP contribution in [-0.4, -0.2) is 31.3 Å². The number of halogens is 1. The topological polar surface area (TPSA) is 43.4 Å². The van der Waals surface area contributed by atoms with Crippen LogP contribution in [0, 0.1) is 5.82 Å². The summed E-state index contributed by atoms with van der Waals surface area (Å²) in [5.74, 6) is -0.348. The third-order valence-electron chi connectivity index (χ3n) is 2.32. The molecule has 0 aliphatic heterocycles. The smallest absolute Gasteiger partial charge is 0.250 e. The van der Waals surface area contributed by atoms with E-state index >= 15 is 0 Å². The number of pyridine rings is 1. The van der Waals surface area contributed by atoms with Crippen molar-refractivity contribution < 1.29 is 13.9 Å². The van der Waals surface area contributed by atoms with Crippen molar-refractivity contribution in [1.82, 2.24) is 10.3 Å². The van der Waals surface area contributed by atoms with Crippen molar-refractivity contribution in [2.75, 3.05) is 26.4 Å². The van der Waals surface area contributed by atoms with Gasteiger partial charge in [-0.2, -0.15) is 0 Å². The Hall–Kier alpha value is -1.20. The Morgan fingerprint density at radius 3 is 2.83 bits per heavy atom. The van der Waals surface area contributed by atoms with Gasteiger partial charge in [-0.15, -0.1) is 0 Å². The Morgan fingerprint density at radius 2 is 2.11 bits per heavy atom. The summed E-state index contributed by atoms with van der Waals surface area (Å²) in [5.41, 5.74) is 0.566. The maximum absolute atomic E-state index is 13.9. The molecule has 0 amide bonds.